The number of aromatic nitrogens is 3. The van der Waals surface area contributed by atoms with Crippen molar-refractivity contribution in [3.8, 4) is 5.69 Å². The minimum atomic E-state index is -5.08. The SMILES string of the molecule is NCC(c1ccccc1)C1CCN(C(=O)c2cnnn2-c2cccc(F)c2)CC1.O=C(O)C(F)(F)F. The first kappa shape index (κ1) is 26.8. The van der Waals surface area contributed by atoms with Gasteiger partial charge in [0.2, 0.25) is 0 Å². The number of carboxylic acids is 1. The summed E-state index contributed by atoms with van der Waals surface area (Å²) in [7, 11) is 0. The van der Waals surface area contributed by atoms with Gasteiger partial charge in [-0.05, 0) is 55.0 Å². The first-order valence-corrected chi connectivity index (χ1v) is 11.1. The molecule has 1 amide bonds. The van der Waals surface area contributed by atoms with Crippen LogP contribution < -0.4 is 5.73 Å². The number of aliphatic carboxylic acids is 1. The van der Waals surface area contributed by atoms with E-state index in [2.05, 4.69) is 22.4 Å². The van der Waals surface area contributed by atoms with Crippen LogP contribution in [-0.4, -0.2) is 62.7 Å². The van der Waals surface area contributed by atoms with Gasteiger partial charge in [0.05, 0.1) is 11.9 Å². The molecule has 192 valence electrons. The van der Waals surface area contributed by atoms with Gasteiger partial charge in [-0.3, -0.25) is 4.79 Å². The summed E-state index contributed by atoms with van der Waals surface area (Å²) in [6.45, 7) is 1.90. The number of carbonyl (C=O) groups excluding carboxylic acids is 1. The maximum atomic E-state index is 13.6. The molecule has 1 saturated heterocycles. The largest absolute Gasteiger partial charge is 0.490 e. The molecule has 0 saturated carbocycles. The predicted octanol–water partition coefficient (Wildman–Crippen LogP) is 3.63. The van der Waals surface area contributed by atoms with Gasteiger partial charge in [-0.2, -0.15) is 13.2 Å². The fourth-order valence-corrected chi connectivity index (χ4v) is 4.15. The molecular formula is C24H25F4N5O3. The number of carboxylic acid groups (broad SMARTS) is 1. The number of hydrogen-bond acceptors (Lipinski definition) is 5. The highest BCUT2D eigenvalue weighted by Crippen LogP contribution is 2.32. The fraction of sp³-hybridized carbons (Fsp3) is 0.333. The Morgan fingerprint density at radius 1 is 1.08 bits per heavy atom. The Bertz CT molecular complexity index is 1160. The van der Waals surface area contributed by atoms with Crippen LogP contribution in [0, 0.1) is 11.7 Å². The molecule has 3 N–H and O–H groups in total. The third-order valence-corrected chi connectivity index (χ3v) is 5.94. The molecular weight excluding hydrogens is 482 g/mol. The number of alkyl halides is 3. The van der Waals surface area contributed by atoms with Gasteiger partial charge in [0.15, 0.2) is 5.69 Å². The second kappa shape index (κ2) is 11.8. The smallest absolute Gasteiger partial charge is 0.475 e. The van der Waals surface area contributed by atoms with Crippen LogP contribution in [-0.2, 0) is 4.79 Å². The minimum Gasteiger partial charge on any atom is -0.475 e. The summed E-state index contributed by atoms with van der Waals surface area (Å²) in [5.74, 6) is -2.54. The molecule has 0 bridgehead atoms. The lowest BCUT2D eigenvalue weighted by Crippen LogP contribution is -2.41. The van der Waals surface area contributed by atoms with E-state index in [-0.39, 0.29) is 11.7 Å². The van der Waals surface area contributed by atoms with Crippen LogP contribution in [0.3, 0.4) is 0 Å². The number of rotatable bonds is 5. The van der Waals surface area contributed by atoms with Crippen molar-refractivity contribution in [3.63, 3.8) is 0 Å². The van der Waals surface area contributed by atoms with Crippen molar-refractivity contribution in [3.05, 3.63) is 77.9 Å². The molecule has 2 heterocycles. The monoisotopic (exact) mass is 507 g/mol. The summed E-state index contributed by atoms with van der Waals surface area (Å²) in [6.07, 6.45) is -1.86. The Hall–Kier alpha value is -3.80. The normalized spacial score (nSPS) is 15.1. The first-order valence-electron chi connectivity index (χ1n) is 11.1. The summed E-state index contributed by atoms with van der Waals surface area (Å²) in [5.41, 5.74) is 8.15. The molecule has 1 fully saturated rings. The molecule has 1 aromatic heterocycles. The second-order valence-corrected chi connectivity index (χ2v) is 8.20. The fourth-order valence-electron chi connectivity index (χ4n) is 4.15. The van der Waals surface area contributed by atoms with Gasteiger partial charge in [0.1, 0.15) is 5.82 Å². The van der Waals surface area contributed by atoms with Crippen molar-refractivity contribution in [1.29, 1.82) is 0 Å². The average Bonchev–Trinajstić information content (AvgIpc) is 3.35. The number of likely N-dealkylation sites (tertiary alicyclic amines) is 1. The first-order chi connectivity index (χ1) is 17.1. The van der Waals surface area contributed by atoms with Crippen molar-refractivity contribution in [2.24, 2.45) is 11.7 Å². The van der Waals surface area contributed by atoms with Crippen molar-refractivity contribution >= 4 is 11.9 Å². The predicted molar refractivity (Wildman–Crippen MR) is 122 cm³/mol. The van der Waals surface area contributed by atoms with E-state index in [1.165, 1.54) is 28.6 Å². The van der Waals surface area contributed by atoms with Crippen molar-refractivity contribution in [2.45, 2.75) is 24.9 Å². The molecule has 12 heteroatoms. The van der Waals surface area contributed by atoms with Crippen molar-refractivity contribution in [1.82, 2.24) is 19.9 Å². The quantitative estimate of drug-likeness (QED) is 0.510. The van der Waals surface area contributed by atoms with Gasteiger partial charge in [-0.15, -0.1) is 5.10 Å². The average molecular weight is 507 g/mol. The van der Waals surface area contributed by atoms with E-state index >= 15 is 0 Å². The molecule has 8 nitrogen and oxygen atoms in total. The van der Waals surface area contributed by atoms with Crippen LogP contribution in [0.2, 0.25) is 0 Å². The Labute approximate surface area is 204 Å². The number of nitrogens with zero attached hydrogens (tertiary/aromatic N) is 4. The van der Waals surface area contributed by atoms with E-state index in [9.17, 15) is 22.4 Å². The van der Waals surface area contributed by atoms with E-state index in [1.807, 2.05) is 23.1 Å². The molecule has 2 aromatic carbocycles. The van der Waals surface area contributed by atoms with E-state index < -0.39 is 12.1 Å². The molecule has 1 aliphatic rings. The number of carbonyl (C=O) groups is 2. The van der Waals surface area contributed by atoms with Gasteiger partial charge < -0.3 is 15.7 Å². The summed E-state index contributed by atoms with van der Waals surface area (Å²) in [5, 5.41) is 15.0. The van der Waals surface area contributed by atoms with Crippen molar-refractivity contribution in [2.75, 3.05) is 19.6 Å². The Kier molecular flexibility index (Phi) is 8.75. The summed E-state index contributed by atoms with van der Waals surface area (Å²) < 4.78 is 46.7. The molecule has 4 rings (SSSR count). The van der Waals surface area contributed by atoms with Crippen LogP contribution in [0.4, 0.5) is 17.6 Å². The van der Waals surface area contributed by atoms with Gasteiger partial charge in [0, 0.05) is 13.1 Å². The number of benzene rings is 2. The van der Waals surface area contributed by atoms with E-state index in [0.717, 1.165) is 12.8 Å². The van der Waals surface area contributed by atoms with Crippen LogP contribution in [0.5, 0.6) is 0 Å². The number of amides is 1. The molecule has 1 atom stereocenters. The molecule has 1 unspecified atom stereocenters. The third-order valence-electron chi connectivity index (χ3n) is 5.94. The van der Waals surface area contributed by atoms with Crippen LogP contribution in [0.15, 0.2) is 60.8 Å². The molecule has 0 radical (unpaired) electrons. The Balaban J connectivity index is 0.000000454. The summed E-state index contributed by atoms with van der Waals surface area (Å²) >= 11 is 0. The van der Waals surface area contributed by atoms with Crippen LogP contribution in [0.1, 0.15) is 34.8 Å². The van der Waals surface area contributed by atoms with Gasteiger partial charge in [0.25, 0.3) is 5.91 Å². The molecule has 1 aliphatic heterocycles. The number of nitrogens with two attached hydrogens (primary N) is 1. The maximum Gasteiger partial charge on any atom is 0.490 e. The zero-order valence-electron chi connectivity index (χ0n) is 19.1. The second-order valence-electron chi connectivity index (χ2n) is 8.20. The minimum absolute atomic E-state index is 0.137. The van der Waals surface area contributed by atoms with E-state index in [4.69, 9.17) is 15.6 Å². The zero-order valence-corrected chi connectivity index (χ0v) is 19.1. The molecule has 0 aliphatic carbocycles. The maximum absolute atomic E-state index is 13.6. The molecule has 3 aromatic rings. The van der Waals surface area contributed by atoms with Gasteiger partial charge >= 0.3 is 12.1 Å². The highest BCUT2D eigenvalue weighted by atomic mass is 19.4. The Morgan fingerprint density at radius 3 is 2.28 bits per heavy atom. The number of hydrogen-bond donors (Lipinski definition) is 2. The lowest BCUT2D eigenvalue weighted by molar-refractivity contribution is -0.192. The van der Waals surface area contributed by atoms with Crippen molar-refractivity contribution < 1.29 is 32.3 Å². The number of halogens is 4. The van der Waals surface area contributed by atoms with E-state index in [0.29, 0.717) is 42.9 Å². The van der Waals surface area contributed by atoms with Crippen LogP contribution in [0.25, 0.3) is 5.69 Å². The van der Waals surface area contributed by atoms with Gasteiger partial charge in [-0.1, -0.05) is 41.6 Å². The Morgan fingerprint density at radius 2 is 1.72 bits per heavy atom. The highest BCUT2D eigenvalue weighted by molar-refractivity contribution is 5.92. The topological polar surface area (TPSA) is 114 Å². The molecule has 0 spiro atoms. The zero-order chi connectivity index (χ0) is 26.3. The highest BCUT2D eigenvalue weighted by Gasteiger charge is 2.38. The summed E-state index contributed by atoms with van der Waals surface area (Å²) in [6, 6.07) is 16.3. The van der Waals surface area contributed by atoms with Gasteiger partial charge in [-0.25, -0.2) is 13.9 Å². The van der Waals surface area contributed by atoms with E-state index in [1.54, 1.807) is 12.1 Å². The number of piperidine rings is 1. The third kappa shape index (κ3) is 6.66. The lowest BCUT2D eigenvalue weighted by Gasteiger charge is -2.36. The standard InChI is InChI=1S/C22H24FN5O.C2HF3O2/c23-18-7-4-8-19(13-18)28-21(15-25-26-28)22(29)27-11-9-17(10-12-27)20(14-24)16-5-2-1-3-6-16;3-2(4,5)1(6)7/h1-8,13,15,17,20H,9-12,14,24H2;(H,6,7). The summed E-state index contributed by atoms with van der Waals surface area (Å²) in [4.78, 5) is 23.8. The van der Waals surface area contributed by atoms with Crippen LogP contribution >= 0.6 is 0 Å². The molecule has 36 heavy (non-hydrogen) atoms. The lowest BCUT2D eigenvalue weighted by atomic mass is 9.80.